The lowest BCUT2D eigenvalue weighted by Crippen LogP contribution is -2.33. The molecule has 8 heteroatoms. The van der Waals surface area contributed by atoms with E-state index in [2.05, 4.69) is 39.2 Å². The summed E-state index contributed by atoms with van der Waals surface area (Å²) < 4.78 is 10.6. The summed E-state index contributed by atoms with van der Waals surface area (Å²) in [5.74, 6) is 1.61. The summed E-state index contributed by atoms with van der Waals surface area (Å²) in [4.78, 5) is 25.8. The third-order valence-electron chi connectivity index (χ3n) is 5.84. The Balaban J connectivity index is 1.49. The van der Waals surface area contributed by atoms with Crippen molar-refractivity contribution in [2.45, 2.75) is 39.8 Å². The number of carbonyl (C=O) groups excluding carboxylic acids is 1. The molecule has 0 aliphatic carbocycles. The Kier molecular flexibility index (Phi) is 7.03. The highest BCUT2D eigenvalue weighted by Crippen LogP contribution is 2.35. The van der Waals surface area contributed by atoms with Crippen LogP contribution in [0.25, 0.3) is 10.2 Å². The Morgan fingerprint density at radius 3 is 2.72 bits per heavy atom. The monoisotopic (exact) mass is 454 g/mol. The van der Waals surface area contributed by atoms with Crippen molar-refractivity contribution in [1.29, 1.82) is 0 Å². The van der Waals surface area contributed by atoms with Crippen LogP contribution in [-0.4, -0.2) is 48.1 Å². The summed E-state index contributed by atoms with van der Waals surface area (Å²) in [5.41, 5.74) is 2.86. The maximum atomic E-state index is 13.0. The Bertz CT molecular complexity index is 1100. The number of methoxy groups -OCH3 is 2. The topological polar surface area (TPSA) is 76.6 Å². The second kappa shape index (κ2) is 9.94. The molecule has 1 unspecified atom stereocenters. The van der Waals surface area contributed by atoms with Gasteiger partial charge >= 0.3 is 0 Å². The van der Waals surface area contributed by atoms with Crippen LogP contribution >= 0.6 is 11.3 Å². The van der Waals surface area contributed by atoms with E-state index in [-0.39, 0.29) is 12.5 Å². The molecule has 0 spiro atoms. The highest BCUT2D eigenvalue weighted by Gasteiger charge is 2.21. The fourth-order valence-electron chi connectivity index (χ4n) is 4.27. The number of anilines is 1. The van der Waals surface area contributed by atoms with Gasteiger partial charge in [0.2, 0.25) is 5.88 Å². The molecule has 170 valence electrons. The van der Waals surface area contributed by atoms with Gasteiger partial charge in [-0.3, -0.25) is 9.69 Å². The molecule has 32 heavy (non-hydrogen) atoms. The minimum atomic E-state index is -0.154. The summed E-state index contributed by atoms with van der Waals surface area (Å²) >= 11 is 1.34. The van der Waals surface area contributed by atoms with Crippen molar-refractivity contribution in [1.82, 2.24) is 14.9 Å². The van der Waals surface area contributed by atoms with Crippen LogP contribution in [0.4, 0.5) is 5.69 Å². The van der Waals surface area contributed by atoms with Crippen LogP contribution in [0.3, 0.4) is 0 Å². The number of benzene rings is 1. The summed E-state index contributed by atoms with van der Waals surface area (Å²) in [5, 5.41) is 3.79. The van der Waals surface area contributed by atoms with Gasteiger partial charge in [0.1, 0.15) is 11.4 Å². The number of hydrogen-bond acceptors (Lipinski definition) is 7. The lowest BCUT2D eigenvalue weighted by molar-refractivity contribution is 0.103. The summed E-state index contributed by atoms with van der Waals surface area (Å²) in [6.07, 6.45) is 2.59. The number of fused-ring (bicyclic) bond motifs is 1. The van der Waals surface area contributed by atoms with Crippen LogP contribution in [0.1, 0.15) is 46.4 Å². The first-order valence-electron chi connectivity index (χ1n) is 10.9. The highest BCUT2D eigenvalue weighted by atomic mass is 32.1. The minimum Gasteiger partial charge on any atom is -0.480 e. The van der Waals surface area contributed by atoms with E-state index in [1.807, 2.05) is 19.1 Å². The molecule has 1 amide bonds. The SMILES string of the molecule is COCc1nc(OC)c2c(C)c(C(=O)Nc3ccc(CN4CCCC(C)C4)cc3)sc2n1. The van der Waals surface area contributed by atoms with Crippen LogP contribution in [0.5, 0.6) is 5.88 Å². The largest absolute Gasteiger partial charge is 0.480 e. The third-order valence-corrected chi connectivity index (χ3v) is 7.02. The molecule has 1 aromatic carbocycles. The second-order valence-corrected chi connectivity index (χ2v) is 9.45. The minimum absolute atomic E-state index is 0.154. The van der Waals surface area contributed by atoms with E-state index in [0.717, 1.165) is 47.0 Å². The maximum absolute atomic E-state index is 13.0. The predicted octanol–water partition coefficient (Wildman–Crippen LogP) is 4.64. The number of aryl methyl sites for hydroxylation is 1. The Morgan fingerprint density at radius 1 is 1.25 bits per heavy atom. The number of amides is 1. The van der Waals surface area contributed by atoms with Crippen molar-refractivity contribution in [3.63, 3.8) is 0 Å². The smallest absolute Gasteiger partial charge is 0.266 e. The van der Waals surface area contributed by atoms with Crippen molar-refractivity contribution >= 4 is 33.1 Å². The van der Waals surface area contributed by atoms with Gasteiger partial charge in [-0.2, -0.15) is 4.98 Å². The first kappa shape index (κ1) is 22.6. The zero-order valence-corrected chi connectivity index (χ0v) is 19.9. The maximum Gasteiger partial charge on any atom is 0.266 e. The molecule has 0 saturated carbocycles. The van der Waals surface area contributed by atoms with Crippen LogP contribution in [0, 0.1) is 12.8 Å². The number of aromatic nitrogens is 2. The second-order valence-electron chi connectivity index (χ2n) is 8.45. The van der Waals surface area contributed by atoms with E-state index in [9.17, 15) is 4.79 Å². The van der Waals surface area contributed by atoms with Gasteiger partial charge in [0.25, 0.3) is 5.91 Å². The number of piperidine rings is 1. The first-order valence-corrected chi connectivity index (χ1v) is 11.8. The molecular weight excluding hydrogens is 424 g/mol. The van der Waals surface area contributed by atoms with Crippen molar-refractivity contribution in [2.24, 2.45) is 5.92 Å². The van der Waals surface area contributed by atoms with E-state index in [1.165, 1.54) is 29.7 Å². The Hall–Kier alpha value is -2.55. The molecule has 1 fully saturated rings. The van der Waals surface area contributed by atoms with Crippen LogP contribution in [0.15, 0.2) is 24.3 Å². The number of hydrogen-bond donors (Lipinski definition) is 1. The number of nitrogens with zero attached hydrogens (tertiary/aromatic N) is 3. The molecule has 1 aliphatic rings. The molecule has 3 heterocycles. The number of likely N-dealkylation sites (tertiary alicyclic amines) is 1. The molecular formula is C24H30N4O3S. The zero-order valence-electron chi connectivity index (χ0n) is 19.1. The van der Waals surface area contributed by atoms with Gasteiger partial charge in [0.05, 0.1) is 17.4 Å². The molecule has 1 N–H and O–H groups in total. The fraction of sp³-hybridized carbons (Fsp3) is 0.458. The molecule has 2 aromatic heterocycles. The van der Waals surface area contributed by atoms with Crippen LogP contribution in [-0.2, 0) is 17.9 Å². The number of thiophene rings is 1. The number of carbonyl (C=O) groups is 1. The molecule has 4 rings (SSSR count). The van der Waals surface area contributed by atoms with Crippen LogP contribution in [0.2, 0.25) is 0 Å². The van der Waals surface area contributed by atoms with Crippen molar-refractivity contribution in [2.75, 3.05) is 32.6 Å². The standard InChI is InChI=1S/C24H30N4O3S/c1-15-6-5-11-28(12-15)13-17-7-9-18(10-8-17)25-22(29)21-16(2)20-23(31-4)26-19(14-30-3)27-24(20)32-21/h7-10,15H,5-6,11-14H2,1-4H3,(H,25,29). The quantitative estimate of drug-likeness (QED) is 0.561. The predicted molar refractivity (Wildman–Crippen MR) is 127 cm³/mol. The lowest BCUT2D eigenvalue weighted by Gasteiger charge is -2.30. The Morgan fingerprint density at radius 2 is 2.03 bits per heavy atom. The average molecular weight is 455 g/mol. The Labute approximate surface area is 192 Å². The number of nitrogens with one attached hydrogen (secondary N) is 1. The normalized spacial score (nSPS) is 16.9. The van der Waals surface area contributed by atoms with E-state index in [4.69, 9.17) is 9.47 Å². The fourth-order valence-corrected chi connectivity index (χ4v) is 5.36. The molecule has 1 saturated heterocycles. The number of rotatable bonds is 7. The molecule has 7 nitrogen and oxygen atoms in total. The van der Waals surface area contributed by atoms with Crippen molar-refractivity contribution in [3.05, 3.63) is 46.1 Å². The summed E-state index contributed by atoms with van der Waals surface area (Å²) in [7, 11) is 3.16. The van der Waals surface area contributed by atoms with Gasteiger partial charge in [0, 0.05) is 25.9 Å². The number of ether oxygens (including phenoxy) is 2. The van der Waals surface area contributed by atoms with Crippen molar-refractivity contribution < 1.29 is 14.3 Å². The molecule has 3 aromatic rings. The van der Waals surface area contributed by atoms with E-state index in [0.29, 0.717) is 16.6 Å². The average Bonchev–Trinajstić information content (AvgIpc) is 3.11. The van der Waals surface area contributed by atoms with E-state index < -0.39 is 0 Å². The van der Waals surface area contributed by atoms with E-state index in [1.54, 1.807) is 14.2 Å². The van der Waals surface area contributed by atoms with Gasteiger partial charge in [-0.15, -0.1) is 11.3 Å². The third kappa shape index (κ3) is 4.92. The van der Waals surface area contributed by atoms with Gasteiger partial charge in [-0.1, -0.05) is 19.1 Å². The molecule has 0 bridgehead atoms. The first-order chi connectivity index (χ1) is 15.5. The van der Waals surface area contributed by atoms with Gasteiger partial charge in [0.15, 0.2) is 5.82 Å². The molecule has 1 aliphatic heterocycles. The molecule has 1 atom stereocenters. The lowest BCUT2D eigenvalue weighted by atomic mass is 10.00. The van der Waals surface area contributed by atoms with E-state index >= 15 is 0 Å². The van der Waals surface area contributed by atoms with Gasteiger partial charge in [-0.25, -0.2) is 4.98 Å². The van der Waals surface area contributed by atoms with Crippen LogP contribution < -0.4 is 10.1 Å². The molecule has 0 radical (unpaired) electrons. The van der Waals surface area contributed by atoms with Gasteiger partial charge < -0.3 is 14.8 Å². The highest BCUT2D eigenvalue weighted by molar-refractivity contribution is 7.20. The zero-order chi connectivity index (χ0) is 22.7. The summed E-state index contributed by atoms with van der Waals surface area (Å²) in [6, 6.07) is 8.14. The summed E-state index contributed by atoms with van der Waals surface area (Å²) in [6.45, 7) is 7.77. The van der Waals surface area contributed by atoms with Crippen molar-refractivity contribution in [3.8, 4) is 5.88 Å². The van der Waals surface area contributed by atoms with Gasteiger partial charge in [-0.05, 0) is 55.5 Å².